The number of allylic oxidation sites excluding steroid dienone is 2. The van der Waals surface area contributed by atoms with Crippen molar-refractivity contribution in [2.45, 2.75) is 39.5 Å². The topological polar surface area (TPSA) is 20.3 Å². The fraction of sp³-hybridized carbons (Fsp3) is 0.727. The molecule has 2 rings (SSSR count). The van der Waals surface area contributed by atoms with Gasteiger partial charge in [-0.3, -0.25) is 4.79 Å². The summed E-state index contributed by atoms with van der Waals surface area (Å²) in [5.41, 5.74) is 1.17. The largest absolute Gasteiger partial charge is 0.302 e. The monoisotopic (exact) mass is 211 g/mol. The number of amides is 1. The van der Waals surface area contributed by atoms with E-state index < -0.39 is 0 Å². The number of thioether (sulfide) groups is 1. The van der Waals surface area contributed by atoms with E-state index in [9.17, 15) is 4.79 Å². The van der Waals surface area contributed by atoms with E-state index in [0.29, 0.717) is 17.2 Å². The lowest BCUT2D eigenvalue weighted by atomic mass is 9.84. The molecule has 1 saturated heterocycles. The zero-order valence-electron chi connectivity index (χ0n) is 9.20. The minimum absolute atomic E-state index is 0.261. The number of hydrogen-bond donors (Lipinski definition) is 0. The first-order chi connectivity index (χ1) is 6.57. The highest BCUT2D eigenvalue weighted by Gasteiger charge is 2.53. The van der Waals surface area contributed by atoms with Crippen LogP contribution in [0.25, 0.3) is 0 Å². The zero-order valence-corrected chi connectivity index (χ0v) is 10.0. The number of nitrogens with zero attached hydrogens (tertiary/aromatic N) is 1. The van der Waals surface area contributed by atoms with Crippen molar-refractivity contribution in [1.82, 2.24) is 4.90 Å². The van der Waals surface area contributed by atoms with Gasteiger partial charge in [0.2, 0.25) is 5.91 Å². The van der Waals surface area contributed by atoms with Crippen molar-refractivity contribution in [3.63, 3.8) is 0 Å². The van der Waals surface area contributed by atoms with Gasteiger partial charge >= 0.3 is 0 Å². The Hall–Kier alpha value is -0.440. The molecular weight excluding hydrogens is 194 g/mol. The molecule has 0 unspecified atom stereocenters. The molecule has 3 heteroatoms. The second-order valence-corrected chi connectivity index (χ2v) is 5.60. The molecule has 78 valence electrons. The summed E-state index contributed by atoms with van der Waals surface area (Å²) in [4.78, 5) is 15.2. The van der Waals surface area contributed by atoms with Crippen LogP contribution in [-0.4, -0.2) is 16.2 Å². The Morgan fingerprint density at radius 2 is 2.14 bits per heavy atom. The summed E-state index contributed by atoms with van der Waals surface area (Å²) in [6, 6.07) is 0. The minimum atomic E-state index is 0.261. The molecule has 3 atom stereocenters. The Bertz CT molecular complexity index is 310. The Morgan fingerprint density at radius 1 is 1.50 bits per heavy atom. The van der Waals surface area contributed by atoms with Gasteiger partial charge in [0, 0.05) is 10.6 Å². The predicted molar refractivity (Wildman–Crippen MR) is 59.5 cm³/mol. The van der Waals surface area contributed by atoms with E-state index in [4.69, 9.17) is 0 Å². The van der Waals surface area contributed by atoms with E-state index in [2.05, 4.69) is 20.8 Å². The molecule has 14 heavy (non-hydrogen) atoms. The maximum Gasteiger partial charge on any atom is 0.234 e. The zero-order chi connectivity index (χ0) is 10.5. The van der Waals surface area contributed by atoms with Crippen LogP contribution in [0.1, 0.15) is 34.1 Å². The van der Waals surface area contributed by atoms with Crippen molar-refractivity contribution < 1.29 is 4.79 Å². The average molecular weight is 211 g/mol. The minimum Gasteiger partial charge on any atom is -0.302 e. The fourth-order valence-corrected chi connectivity index (χ4v) is 3.71. The molecule has 0 radical (unpaired) electrons. The second kappa shape index (κ2) is 3.30. The molecule has 2 aliphatic rings. The average Bonchev–Trinajstić information content (AvgIpc) is 2.39. The van der Waals surface area contributed by atoms with Gasteiger partial charge in [-0.25, -0.2) is 0 Å². The van der Waals surface area contributed by atoms with Gasteiger partial charge in [0.25, 0.3) is 0 Å². The Labute approximate surface area is 89.7 Å². The number of hydrogen-bond acceptors (Lipinski definition) is 2. The van der Waals surface area contributed by atoms with E-state index in [1.807, 2.05) is 23.6 Å². The molecule has 0 spiro atoms. The summed E-state index contributed by atoms with van der Waals surface area (Å²) in [5, 5.41) is 0.414. The highest BCUT2D eigenvalue weighted by molar-refractivity contribution is 8.04. The quantitative estimate of drug-likeness (QED) is 0.655. The number of β-lactam (4-membered cyclic amide) rings is 1. The van der Waals surface area contributed by atoms with Crippen molar-refractivity contribution in [3.05, 3.63) is 10.6 Å². The first-order valence-electron chi connectivity index (χ1n) is 5.25. The van der Waals surface area contributed by atoms with Crippen LogP contribution >= 0.6 is 11.8 Å². The molecule has 0 saturated carbocycles. The van der Waals surface area contributed by atoms with Crippen molar-refractivity contribution in [3.8, 4) is 0 Å². The fourth-order valence-electron chi connectivity index (χ4n) is 2.18. The van der Waals surface area contributed by atoms with E-state index in [0.717, 1.165) is 6.42 Å². The van der Waals surface area contributed by atoms with E-state index in [1.165, 1.54) is 10.6 Å². The highest BCUT2D eigenvalue weighted by atomic mass is 32.2. The lowest BCUT2D eigenvalue weighted by Crippen LogP contribution is -2.58. The first-order valence-corrected chi connectivity index (χ1v) is 6.13. The van der Waals surface area contributed by atoms with Crippen molar-refractivity contribution >= 4 is 17.7 Å². The van der Waals surface area contributed by atoms with Crippen LogP contribution in [0.4, 0.5) is 0 Å². The third-order valence-electron chi connectivity index (χ3n) is 3.51. The molecule has 0 aromatic carbocycles. The van der Waals surface area contributed by atoms with Crippen LogP contribution in [0, 0.1) is 11.8 Å². The molecule has 0 aromatic heterocycles. The van der Waals surface area contributed by atoms with Gasteiger partial charge in [0.15, 0.2) is 0 Å². The van der Waals surface area contributed by atoms with Crippen molar-refractivity contribution in [2.24, 2.45) is 11.8 Å². The van der Waals surface area contributed by atoms with Crippen LogP contribution in [0.2, 0.25) is 0 Å². The molecule has 0 bridgehead atoms. The summed E-state index contributed by atoms with van der Waals surface area (Å²) in [6.45, 7) is 8.50. The Morgan fingerprint density at radius 3 is 2.71 bits per heavy atom. The van der Waals surface area contributed by atoms with Crippen molar-refractivity contribution in [2.75, 3.05) is 0 Å². The molecule has 0 aromatic rings. The standard InChI is InChI=1S/C11H17NOS/c1-5-6(2)9-10(13)12-7(3)8(4)14-11(9)12/h6,9,11H,5H2,1-4H3/t6-,9+,11+/m0/s1. The summed E-state index contributed by atoms with van der Waals surface area (Å²) in [6.07, 6.45) is 1.10. The SMILES string of the molecule is CC[C@H](C)[C@@H]1C(=O)N2C(C)=C(C)S[C@H]12. The number of carbonyl (C=O) groups excluding carboxylic acids is 1. The van der Waals surface area contributed by atoms with E-state index >= 15 is 0 Å². The molecule has 0 N–H and O–H groups in total. The summed E-state index contributed by atoms with van der Waals surface area (Å²) >= 11 is 1.86. The normalized spacial score (nSPS) is 33.1. The Kier molecular flexibility index (Phi) is 2.38. The lowest BCUT2D eigenvalue weighted by molar-refractivity contribution is -0.149. The Balaban J connectivity index is 2.15. The third-order valence-corrected chi connectivity index (χ3v) is 4.90. The van der Waals surface area contributed by atoms with Crippen LogP contribution in [0.3, 0.4) is 0 Å². The van der Waals surface area contributed by atoms with Crippen LogP contribution < -0.4 is 0 Å². The van der Waals surface area contributed by atoms with Gasteiger partial charge in [0.1, 0.15) is 0 Å². The smallest absolute Gasteiger partial charge is 0.234 e. The summed E-state index contributed by atoms with van der Waals surface area (Å²) < 4.78 is 0. The molecule has 0 aliphatic carbocycles. The van der Waals surface area contributed by atoms with Gasteiger partial charge in [-0.05, 0) is 19.8 Å². The summed E-state index contributed by atoms with van der Waals surface area (Å²) in [7, 11) is 0. The van der Waals surface area contributed by atoms with Crippen LogP contribution in [-0.2, 0) is 4.79 Å². The van der Waals surface area contributed by atoms with Gasteiger partial charge < -0.3 is 4.90 Å². The predicted octanol–water partition coefficient (Wildman–Crippen LogP) is 2.82. The van der Waals surface area contributed by atoms with Crippen LogP contribution in [0.15, 0.2) is 10.6 Å². The lowest BCUT2D eigenvalue weighted by Gasteiger charge is -2.45. The number of rotatable bonds is 2. The molecule has 2 nitrogen and oxygen atoms in total. The number of carbonyl (C=O) groups is 1. The third kappa shape index (κ3) is 1.14. The number of fused-ring (bicyclic) bond motifs is 1. The molecular formula is C11H17NOS. The maximum absolute atomic E-state index is 11.9. The second-order valence-electron chi connectivity index (χ2n) is 4.27. The highest BCUT2D eigenvalue weighted by Crippen LogP contribution is 2.51. The molecule has 1 fully saturated rings. The molecule has 2 aliphatic heterocycles. The van der Waals surface area contributed by atoms with Crippen molar-refractivity contribution in [1.29, 1.82) is 0 Å². The van der Waals surface area contributed by atoms with Gasteiger partial charge in [0.05, 0.1) is 11.3 Å². The van der Waals surface area contributed by atoms with Gasteiger partial charge in [-0.15, -0.1) is 11.8 Å². The molecule has 2 heterocycles. The first kappa shape index (κ1) is 10.1. The maximum atomic E-state index is 11.9. The van der Waals surface area contributed by atoms with Gasteiger partial charge in [-0.1, -0.05) is 20.3 Å². The van der Waals surface area contributed by atoms with E-state index in [1.54, 1.807) is 0 Å². The molecule has 1 amide bonds. The van der Waals surface area contributed by atoms with E-state index in [-0.39, 0.29) is 5.92 Å². The van der Waals surface area contributed by atoms with Crippen LogP contribution in [0.5, 0.6) is 0 Å². The van der Waals surface area contributed by atoms with Gasteiger partial charge in [-0.2, -0.15) is 0 Å². The summed E-state index contributed by atoms with van der Waals surface area (Å²) in [5.74, 6) is 1.12.